The van der Waals surface area contributed by atoms with Crippen LogP contribution >= 0.6 is 0 Å². The highest BCUT2D eigenvalue weighted by atomic mass is 32.2. The molecule has 0 aliphatic carbocycles. The Bertz CT molecular complexity index is 991. The molecule has 0 saturated carbocycles. The summed E-state index contributed by atoms with van der Waals surface area (Å²) in [6.07, 6.45) is 4.40. The molecule has 2 aromatic heterocycles. The summed E-state index contributed by atoms with van der Waals surface area (Å²) in [5, 5.41) is 0.464. The predicted molar refractivity (Wildman–Crippen MR) is 111 cm³/mol. The number of aromatic amines is 1. The highest BCUT2D eigenvalue weighted by Gasteiger charge is 2.23. The first kappa shape index (κ1) is 20.0. The van der Waals surface area contributed by atoms with Gasteiger partial charge in [-0.1, -0.05) is 0 Å². The van der Waals surface area contributed by atoms with Gasteiger partial charge in [0.25, 0.3) is 0 Å². The van der Waals surface area contributed by atoms with Gasteiger partial charge in [0.05, 0.1) is 24.4 Å². The number of ether oxygens (including phenoxy) is 3. The Hall–Kier alpha value is -2.29. The number of methoxy groups -OCH3 is 1. The Labute approximate surface area is 173 Å². The van der Waals surface area contributed by atoms with Crippen molar-refractivity contribution in [3.8, 4) is 11.5 Å². The molecule has 29 heavy (non-hydrogen) atoms. The molecule has 0 bridgehead atoms. The fourth-order valence-electron chi connectivity index (χ4n) is 3.45. The number of nitrogens with zero attached hydrogens (tertiary/aromatic N) is 2. The van der Waals surface area contributed by atoms with E-state index in [4.69, 9.17) is 14.2 Å². The molecule has 1 N–H and O–H groups in total. The highest BCUT2D eigenvalue weighted by Crippen LogP contribution is 2.32. The first-order chi connectivity index (χ1) is 14.2. The van der Waals surface area contributed by atoms with Crippen LogP contribution in [-0.4, -0.2) is 46.4 Å². The topological polar surface area (TPSA) is 92.3 Å². The number of nitrogens with one attached hydrogen (secondary N) is 1. The Morgan fingerprint density at radius 3 is 3.03 bits per heavy atom. The zero-order valence-electron chi connectivity index (χ0n) is 16.7. The second-order valence-corrected chi connectivity index (χ2v) is 8.36. The first-order valence-electron chi connectivity index (χ1n) is 9.76. The van der Waals surface area contributed by atoms with E-state index in [0.717, 1.165) is 65.2 Å². The Kier molecular flexibility index (Phi) is 6.22. The molecule has 1 aliphatic rings. The van der Waals surface area contributed by atoms with Crippen LogP contribution < -0.4 is 9.47 Å². The molecule has 8 heteroatoms. The number of aryl methyl sites for hydroxylation is 1. The lowest BCUT2D eigenvalue weighted by Crippen LogP contribution is -2.11. The maximum Gasteiger partial charge on any atom is 0.322 e. The van der Waals surface area contributed by atoms with E-state index in [2.05, 4.69) is 15.0 Å². The van der Waals surface area contributed by atoms with E-state index in [-0.39, 0.29) is 5.75 Å². The van der Waals surface area contributed by atoms with Crippen LogP contribution in [0.2, 0.25) is 0 Å². The maximum absolute atomic E-state index is 13.0. The summed E-state index contributed by atoms with van der Waals surface area (Å²) < 4.78 is 29.6. The van der Waals surface area contributed by atoms with Crippen LogP contribution in [0.3, 0.4) is 0 Å². The number of H-pyrrole nitrogens is 1. The van der Waals surface area contributed by atoms with Crippen LogP contribution in [0.5, 0.6) is 11.5 Å². The summed E-state index contributed by atoms with van der Waals surface area (Å²) >= 11 is -1.34. The average molecular weight is 416 g/mol. The van der Waals surface area contributed by atoms with E-state index in [1.54, 1.807) is 13.3 Å². The summed E-state index contributed by atoms with van der Waals surface area (Å²) in [5.74, 6) is 1.92. The second-order valence-electron chi connectivity index (χ2n) is 7.00. The fraction of sp³-hybridized carbons (Fsp3) is 0.429. The van der Waals surface area contributed by atoms with Crippen molar-refractivity contribution in [2.75, 3.05) is 26.9 Å². The molecule has 0 saturated heterocycles. The second kappa shape index (κ2) is 9.02. The Balaban J connectivity index is 1.51. The van der Waals surface area contributed by atoms with E-state index in [1.165, 1.54) is 0 Å². The molecule has 0 radical (unpaired) electrons. The van der Waals surface area contributed by atoms with Crippen molar-refractivity contribution in [2.24, 2.45) is 0 Å². The van der Waals surface area contributed by atoms with Crippen LogP contribution in [0.15, 0.2) is 29.6 Å². The van der Waals surface area contributed by atoms with E-state index < -0.39 is 11.2 Å². The van der Waals surface area contributed by atoms with Gasteiger partial charge in [-0.25, -0.2) is 0 Å². The lowest BCUT2D eigenvalue weighted by Gasteiger charge is -2.16. The van der Waals surface area contributed by atoms with Gasteiger partial charge in [-0.05, 0) is 38.0 Å². The van der Waals surface area contributed by atoms with E-state index >= 15 is 0 Å². The zero-order valence-corrected chi connectivity index (χ0v) is 17.5. The largest absolute Gasteiger partial charge is 0.609 e. The van der Waals surface area contributed by atoms with Gasteiger partial charge in [0, 0.05) is 48.6 Å². The number of pyridine rings is 1. The van der Waals surface area contributed by atoms with Crippen molar-refractivity contribution in [1.29, 1.82) is 0 Å². The average Bonchev–Trinajstić information content (AvgIpc) is 3.19. The molecule has 0 fully saturated rings. The fourth-order valence-corrected chi connectivity index (χ4v) is 4.54. The Morgan fingerprint density at radius 2 is 2.17 bits per heavy atom. The van der Waals surface area contributed by atoms with Crippen molar-refractivity contribution in [3.05, 3.63) is 41.2 Å². The third-order valence-corrected chi connectivity index (χ3v) is 6.18. The number of hydrogen-bond acceptors (Lipinski definition) is 6. The lowest BCUT2D eigenvalue weighted by molar-refractivity contribution is 0.172. The van der Waals surface area contributed by atoms with Crippen LogP contribution in [0.4, 0.5) is 0 Å². The van der Waals surface area contributed by atoms with Gasteiger partial charge in [0.15, 0.2) is 5.75 Å². The zero-order chi connectivity index (χ0) is 20.2. The van der Waals surface area contributed by atoms with E-state index in [9.17, 15) is 4.55 Å². The number of imidazole rings is 1. The minimum Gasteiger partial charge on any atom is -0.609 e. The maximum atomic E-state index is 13.0. The van der Waals surface area contributed by atoms with E-state index in [0.29, 0.717) is 18.4 Å². The molecule has 1 aromatic carbocycles. The van der Waals surface area contributed by atoms with Crippen LogP contribution in [0.1, 0.15) is 29.7 Å². The summed E-state index contributed by atoms with van der Waals surface area (Å²) in [7, 11) is 1.67. The molecule has 0 spiro atoms. The number of rotatable bonds is 8. The molecule has 0 amide bonds. The number of benzene rings is 1. The number of aromatic nitrogens is 3. The van der Waals surface area contributed by atoms with Crippen molar-refractivity contribution in [2.45, 2.75) is 37.1 Å². The van der Waals surface area contributed by atoms with Crippen molar-refractivity contribution in [3.63, 3.8) is 0 Å². The smallest absolute Gasteiger partial charge is 0.322 e. The molecule has 154 valence electrons. The van der Waals surface area contributed by atoms with Gasteiger partial charge in [-0.15, -0.1) is 0 Å². The van der Waals surface area contributed by atoms with Crippen molar-refractivity contribution in [1.82, 2.24) is 15.0 Å². The van der Waals surface area contributed by atoms with E-state index in [1.807, 2.05) is 25.1 Å². The normalized spacial score (nSPS) is 14.4. The monoisotopic (exact) mass is 415 g/mol. The standard InChI is InChI=1S/C21H25N3O4S/c1-14-17(22-9-8-18(14)27-12-4-10-26-2)13-29(25)21-23-16-6-7-19-15(20(16)24-21)5-3-11-28-19/h6-9H,3-5,10-13H2,1-2H3,(H,23,24). The van der Waals surface area contributed by atoms with Gasteiger partial charge in [-0.3, -0.25) is 9.97 Å². The SMILES string of the molecule is COCCCOc1ccnc(C[S+]([O-])c2nc3c4c(ccc3[nH]2)OCCC4)c1C. The third kappa shape index (κ3) is 4.34. The summed E-state index contributed by atoms with van der Waals surface area (Å²) in [6.45, 7) is 3.90. The van der Waals surface area contributed by atoms with Crippen LogP contribution in [0, 0.1) is 6.92 Å². The van der Waals surface area contributed by atoms with Gasteiger partial charge in [0.1, 0.15) is 17.0 Å². The molecular formula is C21H25N3O4S. The summed E-state index contributed by atoms with van der Waals surface area (Å²) in [6, 6.07) is 5.73. The van der Waals surface area contributed by atoms with Crippen LogP contribution in [0.25, 0.3) is 11.0 Å². The summed E-state index contributed by atoms with van der Waals surface area (Å²) in [5.41, 5.74) is 4.48. The number of fused-ring (bicyclic) bond motifs is 3. The molecule has 1 aliphatic heterocycles. The van der Waals surface area contributed by atoms with Gasteiger partial charge < -0.3 is 18.8 Å². The van der Waals surface area contributed by atoms with Crippen LogP contribution in [-0.2, 0) is 28.1 Å². The van der Waals surface area contributed by atoms with Crippen molar-refractivity contribution < 1.29 is 18.8 Å². The number of hydrogen-bond donors (Lipinski definition) is 1. The Morgan fingerprint density at radius 1 is 1.28 bits per heavy atom. The molecule has 4 rings (SSSR count). The molecule has 3 aromatic rings. The molecule has 7 nitrogen and oxygen atoms in total. The quantitative estimate of drug-likeness (QED) is 0.448. The minimum absolute atomic E-state index is 0.277. The molecule has 3 heterocycles. The molecule has 1 atom stereocenters. The highest BCUT2D eigenvalue weighted by molar-refractivity contribution is 7.90. The lowest BCUT2D eigenvalue weighted by atomic mass is 10.0. The minimum atomic E-state index is -1.34. The first-order valence-corrected chi connectivity index (χ1v) is 11.1. The van der Waals surface area contributed by atoms with Gasteiger partial charge in [0.2, 0.25) is 0 Å². The molecule has 1 unspecified atom stereocenters. The van der Waals surface area contributed by atoms with Gasteiger partial charge >= 0.3 is 5.16 Å². The van der Waals surface area contributed by atoms with Gasteiger partial charge in [-0.2, -0.15) is 4.98 Å². The summed E-state index contributed by atoms with van der Waals surface area (Å²) in [4.78, 5) is 12.3. The van der Waals surface area contributed by atoms with Crippen molar-refractivity contribution >= 4 is 22.2 Å². The molecular weight excluding hydrogens is 390 g/mol. The predicted octanol–water partition coefficient (Wildman–Crippen LogP) is 3.31. The third-order valence-electron chi connectivity index (χ3n) is 5.02.